The summed E-state index contributed by atoms with van der Waals surface area (Å²) < 4.78 is 4.27. The summed E-state index contributed by atoms with van der Waals surface area (Å²) in [4.78, 5) is 31.7. The van der Waals surface area contributed by atoms with Crippen molar-refractivity contribution >= 4 is 17.9 Å². The first-order chi connectivity index (χ1) is 6.00. The number of hydrogen-bond acceptors (Lipinski definition) is 4. The van der Waals surface area contributed by atoms with Crippen LogP contribution in [0.15, 0.2) is 0 Å². The maximum atomic E-state index is 10.9. The van der Waals surface area contributed by atoms with E-state index in [1.54, 1.807) is 0 Å². The highest BCUT2D eigenvalue weighted by Gasteiger charge is 2.64. The van der Waals surface area contributed by atoms with Crippen molar-refractivity contribution in [2.75, 3.05) is 7.11 Å². The fraction of sp³-hybridized carbons (Fsp3) is 0.571. The van der Waals surface area contributed by atoms with Crippen LogP contribution >= 0.6 is 0 Å². The standard InChI is InChI=1S/C7H8O6/c1-13-7(12)4-2(5(8)9)3(4)6(10)11/h2-4H,1H3,(H,8,9)(H,10,11). The van der Waals surface area contributed by atoms with E-state index in [1.807, 2.05) is 0 Å². The summed E-state index contributed by atoms with van der Waals surface area (Å²) in [6, 6.07) is 0. The SMILES string of the molecule is COC(=O)C1C(C(=O)O)C1C(=O)O. The summed E-state index contributed by atoms with van der Waals surface area (Å²) in [7, 11) is 1.10. The number of rotatable bonds is 3. The molecule has 0 aromatic rings. The fourth-order valence-corrected chi connectivity index (χ4v) is 1.35. The molecule has 13 heavy (non-hydrogen) atoms. The van der Waals surface area contributed by atoms with E-state index in [0.29, 0.717) is 0 Å². The van der Waals surface area contributed by atoms with Gasteiger partial charge in [-0.1, -0.05) is 0 Å². The molecular weight excluding hydrogens is 180 g/mol. The zero-order valence-electron chi connectivity index (χ0n) is 6.76. The molecule has 2 unspecified atom stereocenters. The molecule has 0 spiro atoms. The van der Waals surface area contributed by atoms with Gasteiger partial charge in [-0.15, -0.1) is 0 Å². The summed E-state index contributed by atoms with van der Waals surface area (Å²) >= 11 is 0. The van der Waals surface area contributed by atoms with Gasteiger partial charge < -0.3 is 14.9 Å². The number of hydrogen-bond donors (Lipinski definition) is 2. The second kappa shape index (κ2) is 3.04. The minimum atomic E-state index is -1.28. The third-order valence-electron chi connectivity index (χ3n) is 2.06. The second-order valence-corrected chi connectivity index (χ2v) is 2.78. The topological polar surface area (TPSA) is 101 Å². The van der Waals surface area contributed by atoms with Crippen LogP contribution < -0.4 is 0 Å². The Bertz CT molecular complexity index is 250. The highest BCUT2D eigenvalue weighted by molar-refractivity contribution is 5.96. The van der Waals surface area contributed by atoms with Crippen molar-refractivity contribution in [1.82, 2.24) is 0 Å². The summed E-state index contributed by atoms with van der Waals surface area (Å²) in [6.45, 7) is 0. The Kier molecular flexibility index (Phi) is 2.22. The van der Waals surface area contributed by atoms with Gasteiger partial charge in [-0.2, -0.15) is 0 Å². The Labute approximate surface area is 73.1 Å². The van der Waals surface area contributed by atoms with Crippen molar-refractivity contribution in [3.8, 4) is 0 Å². The summed E-state index contributed by atoms with van der Waals surface area (Å²) in [6.07, 6.45) is 0. The lowest BCUT2D eigenvalue weighted by molar-refractivity contribution is -0.147. The molecule has 0 amide bonds. The molecule has 1 aliphatic rings. The second-order valence-electron chi connectivity index (χ2n) is 2.78. The van der Waals surface area contributed by atoms with Crippen LogP contribution in [0.5, 0.6) is 0 Å². The van der Waals surface area contributed by atoms with Gasteiger partial charge in [0, 0.05) is 0 Å². The molecule has 72 valence electrons. The summed E-state index contributed by atoms with van der Waals surface area (Å²) in [5.41, 5.74) is 0. The number of carbonyl (C=O) groups excluding carboxylic acids is 1. The molecule has 6 heteroatoms. The molecule has 0 saturated heterocycles. The van der Waals surface area contributed by atoms with E-state index in [9.17, 15) is 14.4 Å². The first-order valence-electron chi connectivity index (χ1n) is 3.54. The van der Waals surface area contributed by atoms with E-state index in [-0.39, 0.29) is 0 Å². The summed E-state index contributed by atoms with van der Waals surface area (Å²) in [5, 5.41) is 17.0. The predicted molar refractivity (Wildman–Crippen MR) is 37.8 cm³/mol. The molecule has 0 heterocycles. The van der Waals surface area contributed by atoms with Gasteiger partial charge in [-0.3, -0.25) is 14.4 Å². The Morgan fingerprint density at radius 2 is 1.38 bits per heavy atom. The van der Waals surface area contributed by atoms with E-state index >= 15 is 0 Å². The molecule has 1 saturated carbocycles. The van der Waals surface area contributed by atoms with Crippen LogP contribution in [0, 0.1) is 17.8 Å². The minimum absolute atomic E-state index is 0.778. The van der Waals surface area contributed by atoms with Crippen molar-refractivity contribution in [3.63, 3.8) is 0 Å². The van der Waals surface area contributed by atoms with E-state index < -0.39 is 35.7 Å². The van der Waals surface area contributed by atoms with Crippen LogP contribution in [0.4, 0.5) is 0 Å². The van der Waals surface area contributed by atoms with Crippen molar-refractivity contribution in [3.05, 3.63) is 0 Å². The maximum absolute atomic E-state index is 10.9. The fourth-order valence-electron chi connectivity index (χ4n) is 1.35. The van der Waals surface area contributed by atoms with Crippen LogP contribution in [0.1, 0.15) is 0 Å². The number of aliphatic carboxylic acids is 2. The molecule has 1 aliphatic carbocycles. The summed E-state index contributed by atoms with van der Waals surface area (Å²) in [5.74, 6) is -6.62. The molecule has 0 aromatic heterocycles. The van der Waals surface area contributed by atoms with Gasteiger partial charge in [0.1, 0.15) is 0 Å². The van der Waals surface area contributed by atoms with E-state index in [4.69, 9.17) is 10.2 Å². The first-order valence-corrected chi connectivity index (χ1v) is 3.54. The molecule has 0 aliphatic heterocycles. The first kappa shape index (κ1) is 9.50. The van der Waals surface area contributed by atoms with Gasteiger partial charge in [0.15, 0.2) is 0 Å². The van der Waals surface area contributed by atoms with Crippen LogP contribution in [0.25, 0.3) is 0 Å². The number of carboxylic acid groups (broad SMARTS) is 2. The van der Waals surface area contributed by atoms with Gasteiger partial charge in [0.2, 0.25) is 0 Å². The third-order valence-corrected chi connectivity index (χ3v) is 2.06. The van der Waals surface area contributed by atoms with Gasteiger partial charge in [0.05, 0.1) is 24.9 Å². The van der Waals surface area contributed by atoms with Crippen LogP contribution in [0.2, 0.25) is 0 Å². The quantitative estimate of drug-likeness (QED) is 0.562. The van der Waals surface area contributed by atoms with Crippen LogP contribution in [-0.2, 0) is 19.1 Å². The third kappa shape index (κ3) is 1.47. The van der Waals surface area contributed by atoms with Crippen LogP contribution in [-0.4, -0.2) is 35.2 Å². The van der Waals surface area contributed by atoms with Crippen LogP contribution in [0.3, 0.4) is 0 Å². The van der Waals surface area contributed by atoms with Gasteiger partial charge in [0.25, 0.3) is 0 Å². The van der Waals surface area contributed by atoms with E-state index in [1.165, 1.54) is 0 Å². The molecule has 0 bridgehead atoms. The van der Waals surface area contributed by atoms with E-state index in [0.717, 1.165) is 7.11 Å². The molecule has 2 atom stereocenters. The lowest BCUT2D eigenvalue weighted by Crippen LogP contribution is -2.09. The van der Waals surface area contributed by atoms with Crippen molar-refractivity contribution in [2.24, 2.45) is 17.8 Å². The van der Waals surface area contributed by atoms with Crippen molar-refractivity contribution in [2.45, 2.75) is 0 Å². The zero-order chi connectivity index (χ0) is 10.2. The molecule has 6 nitrogen and oxygen atoms in total. The average Bonchev–Trinajstić information content (AvgIpc) is 2.77. The maximum Gasteiger partial charge on any atom is 0.310 e. The molecule has 1 rings (SSSR count). The number of carbonyl (C=O) groups is 3. The highest BCUT2D eigenvalue weighted by atomic mass is 16.5. The number of esters is 1. The molecular formula is C7H8O6. The lowest BCUT2D eigenvalue weighted by atomic mass is 10.3. The Balaban J connectivity index is 2.73. The Morgan fingerprint density at radius 1 is 1.00 bits per heavy atom. The Morgan fingerprint density at radius 3 is 1.62 bits per heavy atom. The molecule has 0 radical (unpaired) electrons. The smallest absolute Gasteiger partial charge is 0.310 e. The number of carboxylic acids is 2. The average molecular weight is 188 g/mol. The largest absolute Gasteiger partial charge is 0.481 e. The van der Waals surface area contributed by atoms with Gasteiger partial charge in [-0.05, 0) is 0 Å². The number of ether oxygens (including phenoxy) is 1. The normalized spacial score (nSPS) is 30.7. The van der Waals surface area contributed by atoms with Gasteiger partial charge in [-0.25, -0.2) is 0 Å². The lowest BCUT2D eigenvalue weighted by Gasteiger charge is -1.93. The minimum Gasteiger partial charge on any atom is -0.481 e. The highest BCUT2D eigenvalue weighted by Crippen LogP contribution is 2.47. The predicted octanol–water partition coefficient (Wildman–Crippen LogP) is -0.809. The number of methoxy groups -OCH3 is 1. The van der Waals surface area contributed by atoms with Gasteiger partial charge >= 0.3 is 17.9 Å². The van der Waals surface area contributed by atoms with E-state index in [2.05, 4.69) is 4.74 Å². The molecule has 0 aromatic carbocycles. The Hall–Kier alpha value is -1.59. The molecule has 2 N–H and O–H groups in total. The zero-order valence-corrected chi connectivity index (χ0v) is 6.76. The monoisotopic (exact) mass is 188 g/mol. The molecule has 1 fully saturated rings. The van der Waals surface area contributed by atoms with Crippen molar-refractivity contribution in [1.29, 1.82) is 0 Å². The van der Waals surface area contributed by atoms with Crippen molar-refractivity contribution < 1.29 is 29.3 Å².